The van der Waals surface area contributed by atoms with Crippen molar-refractivity contribution in [1.82, 2.24) is 19.5 Å². The molecule has 12 heteroatoms. The maximum absolute atomic E-state index is 13.9. The van der Waals surface area contributed by atoms with E-state index in [1.807, 2.05) is 127 Å². The van der Waals surface area contributed by atoms with Crippen molar-refractivity contribution in [2.24, 2.45) is 0 Å². The van der Waals surface area contributed by atoms with Gasteiger partial charge in [-0.05, 0) is 41.0 Å². The largest absolute Gasteiger partial charge is 0.425 e. The zero-order valence-corrected chi connectivity index (χ0v) is 30.4. The normalized spacial score (nSPS) is 16.7. The second kappa shape index (κ2) is 15.9. The van der Waals surface area contributed by atoms with Crippen LogP contribution in [0.25, 0.3) is 11.2 Å². The van der Waals surface area contributed by atoms with Crippen LogP contribution >= 0.6 is 0 Å². The Morgan fingerprint density at radius 2 is 1.29 bits per heavy atom. The number of benzene rings is 5. The van der Waals surface area contributed by atoms with Gasteiger partial charge in [-0.3, -0.25) is 14.7 Å². The number of ether oxygens (including phenoxy) is 3. The van der Waals surface area contributed by atoms with Crippen molar-refractivity contribution in [3.05, 3.63) is 175 Å². The molecular formula is C44H38N6O6. The molecule has 2 amide bonds. The average molecular weight is 747 g/mol. The summed E-state index contributed by atoms with van der Waals surface area (Å²) in [6.45, 7) is 1.36. The van der Waals surface area contributed by atoms with Crippen LogP contribution in [0.15, 0.2) is 158 Å². The summed E-state index contributed by atoms with van der Waals surface area (Å²) in [6.07, 6.45) is -1.49. The Bertz CT molecular complexity index is 2280. The minimum atomic E-state index is -1.01. The molecule has 2 N–H and O–H groups in total. The number of fused-ring (bicyclic) bond motifs is 1. The summed E-state index contributed by atoms with van der Waals surface area (Å²) < 4.78 is 21.1. The number of para-hydroxylation sites is 2. The van der Waals surface area contributed by atoms with Crippen molar-refractivity contribution in [3.8, 4) is 5.88 Å². The first-order valence-electron chi connectivity index (χ1n) is 18.2. The van der Waals surface area contributed by atoms with Crippen LogP contribution in [0, 0.1) is 0 Å². The van der Waals surface area contributed by atoms with E-state index in [1.54, 1.807) is 28.8 Å². The SMILES string of the molecule is CC(=O)Nc1nc(OC(=O)N(c2ccccc2)c2ccccc2)c2ncn([C@H]3CC(O)[C@@H](COC(c4ccccc4)(c4ccccc4)c4ccccc4)O3)c2n1. The van der Waals surface area contributed by atoms with Gasteiger partial charge in [0.05, 0.1) is 30.4 Å². The molecule has 1 fully saturated rings. The lowest BCUT2D eigenvalue weighted by Crippen LogP contribution is -2.38. The van der Waals surface area contributed by atoms with E-state index in [2.05, 4.69) is 20.3 Å². The molecule has 1 aliphatic rings. The molecule has 5 aromatic carbocycles. The number of carbonyl (C=O) groups is 2. The molecule has 1 unspecified atom stereocenters. The molecule has 7 aromatic rings. The molecule has 3 atom stereocenters. The monoisotopic (exact) mass is 746 g/mol. The van der Waals surface area contributed by atoms with E-state index in [-0.39, 0.29) is 36.0 Å². The van der Waals surface area contributed by atoms with Crippen LogP contribution in [0.4, 0.5) is 22.1 Å². The highest BCUT2D eigenvalue weighted by molar-refractivity contribution is 5.98. The number of aliphatic hydroxyl groups excluding tert-OH is 1. The van der Waals surface area contributed by atoms with E-state index < -0.39 is 36.0 Å². The second-order valence-electron chi connectivity index (χ2n) is 13.3. The Hall–Kier alpha value is -6.73. The number of nitrogens with one attached hydrogen (secondary N) is 1. The Morgan fingerprint density at radius 1 is 0.786 bits per heavy atom. The highest BCUT2D eigenvalue weighted by Crippen LogP contribution is 2.42. The first kappa shape index (κ1) is 36.3. The molecule has 1 saturated heterocycles. The lowest BCUT2D eigenvalue weighted by atomic mass is 9.80. The number of aliphatic hydroxyl groups is 1. The fraction of sp³-hybridized carbons (Fsp3) is 0.159. The summed E-state index contributed by atoms with van der Waals surface area (Å²) in [5.41, 5.74) is 3.27. The summed E-state index contributed by atoms with van der Waals surface area (Å²) in [5, 5.41) is 14.1. The molecule has 0 radical (unpaired) electrons. The molecule has 3 heterocycles. The molecule has 0 saturated carbocycles. The van der Waals surface area contributed by atoms with E-state index in [1.165, 1.54) is 18.2 Å². The number of amides is 2. The molecule has 2 aromatic heterocycles. The van der Waals surface area contributed by atoms with Gasteiger partial charge in [0.2, 0.25) is 11.9 Å². The van der Waals surface area contributed by atoms with Crippen molar-refractivity contribution in [3.63, 3.8) is 0 Å². The summed E-state index contributed by atoms with van der Waals surface area (Å²) in [6, 6.07) is 48.0. The van der Waals surface area contributed by atoms with Crippen molar-refractivity contribution in [2.45, 2.75) is 37.4 Å². The number of imidazole rings is 1. The van der Waals surface area contributed by atoms with Crippen molar-refractivity contribution >= 4 is 40.5 Å². The smallest absolute Gasteiger partial charge is 0.390 e. The number of hydrogen-bond donors (Lipinski definition) is 2. The van der Waals surface area contributed by atoms with Crippen LogP contribution in [0.5, 0.6) is 5.88 Å². The molecule has 12 nitrogen and oxygen atoms in total. The van der Waals surface area contributed by atoms with Gasteiger partial charge in [0.25, 0.3) is 5.88 Å². The molecule has 8 rings (SSSR count). The zero-order valence-electron chi connectivity index (χ0n) is 30.4. The van der Waals surface area contributed by atoms with Crippen molar-refractivity contribution < 1.29 is 28.9 Å². The minimum absolute atomic E-state index is 0.0345. The first-order chi connectivity index (χ1) is 27.4. The summed E-state index contributed by atoms with van der Waals surface area (Å²) in [7, 11) is 0. The third-order valence-corrected chi connectivity index (χ3v) is 9.59. The Labute approximate surface area is 323 Å². The minimum Gasteiger partial charge on any atom is -0.390 e. The van der Waals surface area contributed by atoms with Gasteiger partial charge in [-0.2, -0.15) is 9.97 Å². The van der Waals surface area contributed by atoms with Gasteiger partial charge < -0.3 is 19.3 Å². The lowest BCUT2D eigenvalue weighted by Gasteiger charge is -2.37. The zero-order chi connectivity index (χ0) is 38.5. The Balaban J connectivity index is 1.10. The summed E-state index contributed by atoms with van der Waals surface area (Å²) in [4.78, 5) is 41.0. The van der Waals surface area contributed by atoms with Crippen LogP contribution in [-0.4, -0.2) is 55.4 Å². The van der Waals surface area contributed by atoms with Crippen LogP contribution in [0.2, 0.25) is 0 Å². The van der Waals surface area contributed by atoms with E-state index >= 15 is 0 Å². The van der Waals surface area contributed by atoms with E-state index in [0.717, 1.165) is 16.7 Å². The van der Waals surface area contributed by atoms with Crippen molar-refractivity contribution in [1.29, 1.82) is 0 Å². The third-order valence-electron chi connectivity index (χ3n) is 9.59. The molecule has 1 aliphatic heterocycles. The van der Waals surface area contributed by atoms with Crippen molar-refractivity contribution in [2.75, 3.05) is 16.8 Å². The molecule has 56 heavy (non-hydrogen) atoms. The van der Waals surface area contributed by atoms with E-state index in [0.29, 0.717) is 11.4 Å². The predicted octanol–water partition coefficient (Wildman–Crippen LogP) is 7.78. The fourth-order valence-corrected chi connectivity index (χ4v) is 7.04. The summed E-state index contributed by atoms with van der Waals surface area (Å²) in [5.74, 6) is -0.695. The number of hydrogen-bond acceptors (Lipinski definition) is 9. The first-order valence-corrected chi connectivity index (χ1v) is 18.2. The quantitative estimate of drug-likeness (QED) is 0.127. The van der Waals surface area contributed by atoms with Crippen LogP contribution in [0.1, 0.15) is 36.3 Å². The molecule has 0 aliphatic carbocycles. The second-order valence-corrected chi connectivity index (χ2v) is 13.3. The van der Waals surface area contributed by atoms with Crippen LogP contribution < -0.4 is 15.0 Å². The van der Waals surface area contributed by atoms with E-state index in [9.17, 15) is 14.7 Å². The van der Waals surface area contributed by atoms with Gasteiger partial charge in [-0.25, -0.2) is 14.7 Å². The van der Waals surface area contributed by atoms with Crippen LogP contribution in [-0.2, 0) is 19.9 Å². The fourth-order valence-electron chi connectivity index (χ4n) is 7.04. The molecule has 0 spiro atoms. The van der Waals surface area contributed by atoms with Gasteiger partial charge in [0.15, 0.2) is 11.2 Å². The van der Waals surface area contributed by atoms with Gasteiger partial charge in [0, 0.05) is 13.3 Å². The molecular weight excluding hydrogens is 709 g/mol. The maximum Gasteiger partial charge on any atom is 0.425 e. The van der Waals surface area contributed by atoms with Gasteiger partial charge >= 0.3 is 6.09 Å². The molecule has 280 valence electrons. The highest BCUT2D eigenvalue weighted by Gasteiger charge is 2.42. The standard InChI is InChI=1S/C44H38N6O6/c1-30(51)46-42-47-40-39(41(48-42)56-43(53)50(34-23-13-5-14-24-34)35-25-15-6-16-26-35)45-29-49(40)38-27-36(52)37(55-38)28-54-44(31-17-7-2-8-18-31,32-19-9-3-10-20-32)33-21-11-4-12-22-33/h2-26,29,36-38,52H,27-28H2,1H3,(H,46,47,48,51)/t36?,37-,38-/m1/s1. The number of rotatable bonds is 11. The van der Waals surface area contributed by atoms with Gasteiger partial charge in [-0.1, -0.05) is 127 Å². The lowest BCUT2D eigenvalue weighted by molar-refractivity contribution is -0.114. The number of nitrogens with zero attached hydrogens (tertiary/aromatic N) is 5. The van der Waals surface area contributed by atoms with Gasteiger partial charge in [-0.15, -0.1) is 0 Å². The number of anilines is 3. The maximum atomic E-state index is 13.9. The van der Waals surface area contributed by atoms with E-state index in [4.69, 9.17) is 14.2 Å². The Morgan fingerprint density at radius 3 is 1.79 bits per heavy atom. The van der Waals surface area contributed by atoms with Crippen LogP contribution in [0.3, 0.4) is 0 Å². The molecule has 0 bridgehead atoms. The number of aromatic nitrogens is 4. The highest BCUT2D eigenvalue weighted by atomic mass is 16.6. The van der Waals surface area contributed by atoms with Gasteiger partial charge in [0.1, 0.15) is 17.9 Å². The topological polar surface area (TPSA) is 141 Å². The summed E-state index contributed by atoms with van der Waals surface area (Å²) >= 11 is 0. The Kier molecular flexibility index (Phi) is 10.3. The predicted molar refractivity (Wildman–Crippen MR) is 210 cm³/mol. The average Bonchev–Trinajstić information content (AvgIpc) is 3.83. The number of carbonyl (C=O) groups excluding carboxylic acids is 2. The third kappa shape index (κ3) is 7.23.